The quantitative estimate of drug-likeness (QED) is 0.179. The summed E-state index contributed by atoms with van der Waals surface area (Å²) in [6, 6.07) is 17.1. The molecule has 1 heterocycles. The minimum atomic E-state index is -0.647. The molecule has 1 fully saturated rings. The highest BCUT2D eigenvalue weighted by Gasteiger charge is 2.51. The van der Waals surface area contributed by atoms with Crippen LogP contribution in [0.3, 0.4) is 0 Å². The van der Waals surface area contributed by atoms with Crippen LogP contribution < -0.4 is 20.7 Å². The van der Waals surface area contributed by atoms with Crippen molar-refractivity contribution in [2.75, 3.05) is 19.0 Å². The first-order valence-corrected chi connectivity index (χ1v) is 11.7. The Hall–Kier alpha value is -4.47. The van der Waals surface area contributed by atoms with Gasteiger partial charge in [-0.05, 0) is 55.7 Å². The summed E-state index contributed by atoms with van der Waals surface area (Å²) < 4.78 is 23.8. The molecule has 0 atom stereocenters. The second-order valence-corrected chi connectivity index (χ2v) is 8.80. The third-order valence-corrected chi connectivity index (χ3v) is 5.88. The van der Waals surface area contributed by atoms with Crippen molar-refractivity contribution in [3.05, 3.63) is 83.9 Å². The van der Waals surface area contributed by atoms with Crippen molar-refractivity contribution in [2.45, 2.75) is 26.3 Å². The Kier molecular flexibility index (Phi) is 7.97. The summed E-state index contributed by atoms with van der Waals surface area (Å²) in [5.41, 5.74) is 2.11. The number of pyridine rings is 1. The second kappa shape index (κ2) is 11.5. The molecule has 9 nitrogen and oxygen atoms in total. The van der Waals surface area contributed by atoms with E-state index in [1.54, 1.807) is 30.3 Å². The average molecular weight is 506 g/mol. The number of rotatable bonds is 8. The van der Waals surface area contributed by atoms with Gasteiger partial charge in [0.1, 0.15) is 11.5 Å². The van der Waals surface area contributed by atoms with Crippen molar-refractivity contribution < 1.29 is 23.5 Å². The van der Waals surface area contributed by atoms with Gasteiger partial charge in [0.2, 0.25) is 11.9 Å². The van der Waals surface area contributed by atoms with Crippen molar-refractivity contribution >= 4 is 23.6 Å². The Balaban J connectivity index is 1.42. The fourth-order valence-electron chi connectivity index (χ4n) is 3.52. The van der Waals surface area contributed by atoms with Crippen LogP contribution in [0.1, 0.15) is 24.0 Å². The van der Waals surface area contributed by atoms with Crippen LogP contribution >= 0.6 is 0 Å². The van der Waals surface area contributed by atoms with Crippen molar-refractivity contribution in [1.29, 1.82) is 0 Å². The summed E-state index contributed by atoms with van der Waals surface area (Å²) in [6.07, 6.45) is 2.67. The van der Waals surface area contributed by atoms with Gasteiger partial charge in [0.05, 0.1) is 19.1 Å². The Labute approximate surface area is 214 Å². The largest absolute Gasteiger partial charge is 0.469 e. The number of esters is 1. The molecule has 0 aliphatic heterocycles. The van der Waals surface area contributed by atoms with Gasteiger partial charge in [0.15, 0.2) is 0 Å². The topological polar surface area (TPSA) is 114 Å². The molecular weight excluding hydrogens is 477 g/mol. The number of aliphatic imine (C=N–C) groups is 1. The van der Waals surface area contributed by atoms with E-state index in [2.05, 4.69) is 25.9 Å². The first-order valence-electron chi connectivity index (χ1n) is 11.7. The average Bonchev–Trinajstić information content (AvgIpc) is 3.69. The summed E-state index contributed by atoms with van der Waals surface area (Å²) >= 11 is 0. The molecule has 1 aliphatic rings. The summed E-state index contributed by atoms with van der Waals surface area (Å²) in [5.74, 6) is 0.0976. The lowest BCUT2D eigenvalue weighted by Gasteiger charge is -2.16. The Morgan fingerprint density at radius 2 is 1.78 bits per heavy atom. The molecular formula is C27H28FN5O4. The van der Waals surface area contributed by atoms with E-state index in [0.29, 0.717) is 36.6 Å². The zero-order valence-corrected chi connectivity index (χ0v) is 20.6. The second-order valence-electron chi connectivity index (χ2n) is 8.80. The van der Waals surface area contributed by atoms with E-state index in [9.17, 15) is 14.0 Å². The number of aryl methyl sites for hydroxylation is 1. The number of carbonyl (C=O) groups excluding carboxylic acids is 2. The molecule has 2 amide bonds. The van der Waals surface area contributed by atoms with E-state index in [0.717, 1.165) is 11.1 Å². The minimum Gasteiger partial charge on any atom is -0.469 e. The number of halogens is 1. The SMILES string of the molecule is COC(=O)C1(CNC(=O)NC(=NCc2ccc(C)cc2)Nc2ccc(Oc3ccnc(F)c3)cc2)CC1. The van der Waals surface area contributed by atoms with Crippen LogP contribution in [0.15, 0.2) is 71.9 Å². The highest BCUT2D eigenvalue weighted by atomic mass is 19.1. The molecule has 0 saturated heterocycles. The smallest absolute Gasteiger partial charge is 0.321 e. The Bertz CT molecular complexity index is 1270. The first-order chi connectivity index (χ1) is 17.8. The van der Waals surface area contributed by atoms with Crippen molar-refractivity contribution in [3.63, 3.8) is 0 Å². The predicted octanol–water partition coefficient (Wildman–Crippen LogP) is 4.54. The predicted molar refractivity (Wildman–Crippen MR) is 137 cm³/mol. The monoisotopic (exact) mass is 505 g/mol. The molecule has 192 valence electrons. The Morgan fingerprint density at radius 1 is 1.05 bits per heavy atom. The van der Waals surface area contributed by atoms with Crippen LogP contribution in [0.25, 0.3) is 0 Å². The number of aromatic nitrogens is 1. The molecule has 0 spiro atoms. The number of guanidine groups is 1. The number of methoxy groups -OCH3 is 1. The minimum absolute atomic E-state index is 0.179. The summed E-state index contributed by atoms with van der Waals surface area (Å²) in [5, 5.41) is 8.56. The van der Waals surface area contributed by atoms with E-state index in [1.807, 2.05) is 31.2 Å². The fourth-order valence-corrected chi connectivity index (χ4v) is 3.52. The number of carbonyl (C=O) groups is 2. The van der Waals surface area contributed by atoms with Gasteiger partial charge in [-0.25, -0.2) is 14.8 Å². The lowest BCUT2D eigenvalue weighted by Crippen LogP contribution is -2.45. The molecule has 0 bridgehead atoms. The number of nitrogens with one attached hydrogen (secondary N) is 3. The third-order valence-electron chi connectivity index (χ3n) is 5.88. The van der Waals surface area contributed by atoms with E-state index in [1.165, 1.54) is 19.4 Å². The van der Waals surface area contributed by atoms with Crippen LogP contribution in [0.4, 0.5) is 14.9 Å². The summed E-state index contributed by atoms with van der Waals surface area (Å²) in [6.45, 7) is 2.52. The number of benzene rings is 2. The molecule has 3 N–H and O–H groups in total. The van der Waals surface area contributed by atoms with Gasteiger partial charge in [-0.3, -0.25) is 10.1 Å². The van der Waals surface area contributed by atoms with Crippen LogP contribution in [0.2, 0.25) is 0 Å². The van der Waals surface area contributed by atoms with Crippen molar-refractivity contribution in [3.8, 4) is 11.5 Å². The molecule has 37 heavy (non-hydrogen) atoms. The standard InChI is InChI=1S/C27H28FN5O4/c1-18-3-5-19(6-4-18)16-30-25(33-26(35)31-17-27(12-13-27)24(34)36-2)32-20-7-9-21(10-8-20)37-22-11-14-29-23(28)15-22/h3-11,14-15H,12-13,16-17H2,1-2H3,(H3,30,31,32,33,35). The molecule has 0 radical (unpaired) electrons. The molecule has 1 aromatic heterocycles. The van der Waals surface area contributed by atoms with Crippen LogP contribution in [-0.4, -0.2) is 36.6 Å². The Morgan fingerprint density at radius 3 is 2.43 bits per heavy atom. The lowest BCUT2D eigenvalue weighted by atomic mass is 10.1. The maximum atomic E-state index is 13.3. The van der Waals surface area contributed by atoms with E-state index in [4.69, 9.17) is 9.47 Å². The number of anilines is 1. The summed E-state index contributed by atoms with van der Waals surface area (Å²) in [7, 11) is 1.34. The zero-order chi connectivity index (χ0) is 26.3. The van der Waals surface area contributed by atoms with Crippen molar-refractivity contribution in [1.82, 2.24) is 15.6 Å². The normalized spacial score (nSPS) is 13.9. The molecule has 0 unspecified atom stereocenters. The lowest BCUT2D eigenvalue weighted by molar-refractivity contribution is -0.146. The van der Waals surface area contributed by atoms with E-state index >= 15 is 0 Å². The number of amides is 2. The van der Waals surface area contributed by atoms with Gasteiger partial charge >= 0.3 is 12.0 Å². The van der Waals surface area contributed by atoms with Crippen LogP contribution in [0.5, 0.6) is 11.5 Å². The first kappa shape index (κ1) is 25.6. The van der Waals surface area contributed by atoms with Gasteiger partial charge < -0.3 is 20.1 Å². The highest BCUT2D eigenvalue weighted by molar-refractivity contribution is 6.03. The number of ether oxygens (including phenoxy) is 2. The van der Waals surface area contributed by atoms with Gasteiger partial charge in [0.25, 0.3) is 0 Å². The van der Waals surface area contributed by atoms with Gasteiger partial charge in [0, 0.05) is 24.5 Å². The van der Waals surface area contributed by atoms with Gasteiger partial charge in [-0.2, -0.15) is 4.39 Å². The number of nitrogens with zero attached hydrogens (tertiary/aromatic N) is 2. The number of hydrogen-bond donors (Lipinski definition) is 3. The highest BCUT2D eigenvalue weighted by Crippen LogP contribution is 2.46. The molecule has 3 aromatic rings. The van der Waals surface area contributed by atoms with Gasteiger partial charge in [-0.1, -0.05) is 29.8 Å². The molecule has 4 rings (SSSR count). The third kappa shape index (κ3) is 7.26. The van der Waals surface area contributed by atoms with E-state index in [-0.39, 0.29) is 18.5 Å². The maximum absolute atomic E-state index is 13.3. The van der Waals surface area contributed by atoms with Crippen LogP contribution in [-0.2, 0) is 16.1 Å². The van der Waals surface area contributed by atoms with E-state index < -0.39 is 17.4 Å². The molecule has 10 heteroatoms. The molecule has 2 aromatic carbocycles. The summed E-state index contributed by atoms with van der Waals surface area (Å²) in [4.78, 5) is 32.6. The molecule has 1 saturated carbocycles. The zero-order valence-electron chi connectivity index (χ0n) is 20.6. The van der Waals surface area contributed by atoms with Crippen molar-refractivity contribution in [2.24, 2.45) is 10.4 Å². The maximum Gasteiger partial charge on any atom is 0.321 e. The van der Waals surface area contributed by atoms with Crippen LogP contribution in [0, 0.1) is 18.3 Å². The van der Waals surface area contributed by atoms with Gasteiger partial charge in [-0.15, -0.1) is 0 Å². The number of hydrogen-bond acceptors (Lipinski definition) is 6. The fraction of sp³-hybridized carbons (Fsp3) is 0.259. The number of urea groups is 1. The molecule has 1 aliphatic carbocycles.